The Bertz CT molecular complexity index is 799. The molecule has 3 aliphatic rings. The van der Waals surface area contributed by atoms with E-state index in [-0.39, 0.29) is 5.91 Å². The highest BCUT2D eigenvalue weighted by atomic mass is 16.2. The molecule has 3 aliphatic heterocycles. The van der Waals surface area contributed by atoms with Gasteiger partial charge >= 0.3 is 0 Å². The van der Waals surface area contributed by atoms with Crippen LogP contribution in [0.5, 0.6) is 0 Å². The monoisotopic (exact) mass is 355 g/mol. The first kappa shape index (κ1) is 17.5. The number of carbonyl (C=O) groups is 1. The molecule has 26 heavy (non-hydrogen) atoms. The van der Waals surface area contributed by atoms with Crippen LogP contribution in [0.4, 0.5) is 0 Å². The topological polar surface area (TPSA) is 44.6 Å². The Balaban J connectivity index is 1.49. The molecule has 4 heterocycles. The van der Waals surface area contributed by atoms with Gasteiger partial charge in [0.05, 0.1) is 24.1 Å². The van der Waals surface area contributed by atoms with Gasteiger partial charge in [0.1, 0.15) is 5.82 Å². The second-order valence-corrected chi connectivity index (χ2v) is 8.08. The number of rotatable bonds is 4. The zero-order chi connectivity index (χ0) is 18.3. The standard InChI is InChI=1S/C20H29N5O/c1-22(2)20(26)14-24-10-15-8-9-16(12-24)25(11-15)13-19-21-17-6-4-5-7-18(17)23(19)3/h4-7,15-16H,8-14H2,1-3H3/t15-,16+/m1/s1. The van der Waals surface area contributed by atoms with Crippen molar-refractivity contribution in [1.82, 2.24) is 24.3 Å². The molecule has 1 aromatic carbocycles. The summed E-state index contributed by atoms with van der Waals surface area (Å²) >= 11 is 0. The third kappa shape index (κ3) is 3.35. The summed E-state index contributed by atoms with van der Waals surface area (Å²) < 4.78 is 2.22. The summed E-state index contributed by atoms with van der Waals surface area (Å²) in [6, 6.07) is 8.86. The van der Waals surface area contributed by atoms with Crippen molar-refractivity contribution in [1.29, 1.82) is 0 Å². The molecule has 6 heteroatoms. The number of nitrogens with zero attached hydrogens (tertiary/aromatic N) is 5. The molecule has 5 rings (SSSR count). The number of fused-ring (bicyclic) bond motifs is 5. The Morgan fingerprint density at radius 1 is 1.19 bits per heavy atom. The minimum Gasteiger partial charge on any atom is -0.348 e. The van der Waals surface area contributed by atoms with E-state index in [1.165, 1.54) is 18.4 Å². The van der Waals surface area contributed by atoms with E-state index in [0.717, 1.165) is 37.5 Å². The van der Waals surface area contributed by atoms with Gasteiger partial charge in [0.15, 0.2) is 0 Å². The van der Waals surface area contributed by atoms with Crippen molar-refractivity contribution in [3.05, 3.63) is 30.1 Å². The lowest BCUT2D eigenvalue weighted by Gasteiger charge is -2.35. The van der Waals surface area contributed by atoms with Crippen molar-refractivity contribution in [2.45, 2.75) is 25.4 Å². The van der Waals surface area contributed by atoms with Crippen LogP contribution in [-0.2, 0) is 18.4 Å². The molecule has 0 aliphatic carbocycles. The summed E-state index contributed by atoms with van der Waals surface area (Å²) in [4.78, 5) is 23.6. The normalized spacial score (nSPS) is 24.1. The molecule has 1 aromatic heterocycles. The lowest BCUT2D eigenvalue weighted by molar-refractivity contribution is -0.130. The van der Waals surface area contributed by atoms with E-state index in [4.69, 9.17) is 4.98 Å². The highest BCUT2D eigenvalue weighted by molar-refractivity contribution is 5.77. The number of benzene rings is 1. The molecule has 3 saturated heterocycles. The van der Waals surface area contributed by atoms with Gasteiger partial charge in [-0.05, 0) is 30.9 Å². The Labute approximate surface area is 155 Å². The first-order valence-corrected chi connectivity index (χ1v) is 9.58. The molecule has 140 valence electrons. The summed E-state index contributed by atoms with van der Waals surface area (Å²) in [5.41, 5.74) is 2.27. The molecule has 2 bridgehead atoms. The van der Waals surface area contributed by atoms with Gasteiger partial charge in [-0.3, -0.25) is 14.6 Å². The van der Waals surface area contributed by atoms with Crippen LogP contribution < -0.4 is 0 Å². The number of piperidine rings is 1. The maximum atomic E-state index is 12.1. The van der Waals surface area contributed by atoms with Crippen molar-refractivity contribution < 1.29 is 4.79 Å². The van der Waals surface area contributed by atoms with Gasteiger partial charge in [-0.2, -0.15) is 0 Å². The van der Waals surface area contributed by atoms with Crippen LogP contribution in [0.15, 0.2) is 24.3 Å². The average molecular weight is 355 g/mol. The molecule has 0 spiro atoms. The van der Waals surface area contributed by atoms with Gasteiger partial charge < -0.3 is 9.47 Å². The van der Waals surface area contributed by atoms with Crippen molar-refractivity contribution in [3.8, 4) is 0 Å². The molecule has 0 unspecified atom stereocenters. The Morgan fingerprint density at radius 2 is 2.00 bits per heavy atom. The molecular formula is C20H29N5O. The summed E-state index contributed by atoms with van der Waals surface area (Å²) in [5.74, 6) is 1.99. The van der Waals surface area contributed by atoms with Gasteiger partial charge in [0, 0.05) is 46.8 Å². The number of hydrogen-bond acceptors (Lipinski definition) is 4. The summed E-state index contributed by atoms with van der Waals surface area (Å²) in [6.45, 7) is 4.57. The number of hydrogen-bond donors (Lipinski definition) is 0. The lowest BCUT2D eigenvalue weighted by Crippen LogP contribution is -2.44. The number of carbonyl (C=O) groups excluding carboxylic acids is 1. The van der Waals surface area contributed by atoms with Crippen LogP contribution in [0.25, 0.3) is 11.0 Å². The zero-order valence-electron chi connectivity index (χ0n) is 16.1. The predicted molar refractivity (Wildman–Crippen MR) is 103 cm³/mol. The fourth-order valence-electron chi connectivity index (χ4n) is 4.45. The molecule has 3 fully saturated rings. The van der Waals surface area contributed by atoms with E-state index in [9.17, 15) is 4.79 Å². The average Bonchev–Trinajstić information content (AvgIpc) is 2.76. The molecule has 0 N–H and O–H groups in total. The second-order valence-electron chi connectivity index (χ2n) is 8.08. The van der Waals surface area contributed by atoms with Crippen LogP contribution in [0.2, 0.25) is 0 Å². The number of likely N-dealkylation sites (N-methyl/N-ethyl adjacent to an activating group) is 1. The maximum Gasteiger partial charge on any atom is 0.236 e. The molecular weight excluding hydrogens is 326 g/mol. The summed E-state index contributed by atoms with van der Waals surface area (Å²) in [6.07, 6.45) is 2.50. The summed E-state index contributed by atoms with van der Waals surface area (Å²) in [5, 5.41) is 0. The molecule has 2 atom stereocenters. The van der Waals surface area contributed by atoms with Crippen molar-refractivity contribution in [3.63, 3.8) is 0 Å². The fourth-order valence-corrected chi connectivity index (χ4v) is 4.45. The van der Waals surface area contributed by atoms with Crippen LogP contribution in [0.1, 0.15) is 18.7 Å². The van der Waals surface area contributed by atoms with Crippen molar-refractivity contribution >= 4 is 16.9 Å². The fraction of sp³-hybridized carbons (Fsp3) is 0.600. The smallest absolute Gasteiger partial charge is 0.236 e. The largest absolute Gasteiger partial charge is 0.348 e. The van der Waals surface area contributed by atoms with Gasteiger partial charge in [-0.1, -0.05) is 12.1 Å². The lowest BCUT2D eigenvalue weighted by atomic mass is 9.95. The van der Waals surface area contributed by atoms with E-state index < -0.39 is 0 Å². The number of aryl methyl sites for hydroxylation is 1. The minimum atomic E-state index is 0.202. The van der Waals surface area contributed by atoms with Gasteiger partial charge in [-0.25, -0.2) is 4.98 Å². The van der Waals surface area contributed by atoms with Crippen molar-refractivity contribution in [2.75, 3.05) is 40.3 Å². The van der Waals surface area contributed by atoms with Gasteiger partial charge in [-0.15, -0.1) is 0 Å². The van der Waals surface area contributed by atoms with E-state index in [1.54, 1.807) is 4.90 Å². The quantitative estimate of drug-likeness (QED) is 0.835. The second kappa shape index (κ2) is 7.00. The third-order valence-corrected chi connectivity index (χ3v) is 5.98. The number of para-hydroxylation sites is 2. The van der Waals surface area contributed by atoms with Crippen LogP contribution in [0.3, 0.4) is 0 Å². The first-order chi connectivity index (χ1) is 12.5. The molecule has 1 amide bonds. The minimum absolute atomic E-state index is 0.202. The maximum absolute atomic E-state index is 12.1. The molecule has 2 aromatic rings. The number of amides is 1. The number of imidazole rings is 1. The van der Waals surface area contributed by atoms with Crippen LogP contribution in [0, 0.1) is 5.92 Å². The SMILES string of the molecule is CN(C)C(=O)CN1C[C@H]2CC[C@@H](C1)N(Cc1nc3ccccc3n1C)C2. The Morgan fingerprint density at radius 3 is 2.77 bits per heavy atom. The van der Waals surface area contributed by atoms with Crippen LogP contribution in [-0.4, -0.2) is 76.5 Å². The van der Waals surface area contributed by atoms with Crippen LogP contribution >= 0.6 is 0 Å². The Kier molecular flexibility index (Phi) is 4.71. The van der Waals surface area contributed by atoms with Gasteiger partial charge in [0.25, 0.3) is 0 Å². The van der Waals surface area contributed by atoms with E-state index >= 15 is 0 Å². The number of aromatic nitrogens is 2. The van der Waals surface area contributed by atoms with E-state index in [0.29, 0.717) is 18.5 Å². The van der Waals surface area contributed by atoms with Crippen molar-refractivity contribution in [2.24, 2.45) is 13.0 Å². The molecule has 0 saturated carbocycles. The molecule has 6 nitrogen and oxygen atoms in total. The van der Waals surface area contributed by atoms with E-state index in [1.807, 2.05) is 20.2 Å². The third-order valence-electron chi connectivity index (χ3n) is 5.98. The Hall–Kier alpha value is -1.92. The highest BCUT2D eigenvalue weighted by Gasteiger charge is 2.35. The van der Waals surface area contributed by atoms with E-state index in [2.05, 4.69) is 39.6 Å². The van der Waals surface area contributed by atoms with Gasteiger partial charge in [0.2, 0.25) is 5.91 Å². The first-order valence-electron chi connectivity index (χ1n) is 9.58. The zero-order valence-corrected chi connectivity index (χ0v) is 16.1. The molecule has 0 radical (unpaired) electrons. The highest BCUT2D eigenvalue weighted by Crippen LogP contribution is 2.29. The summed E-state index contributed by atoms with van der Waals surface area (Å²) in [7, 11) is 5.79. The predicted octanol–water partition coefficient (Wildman–Crippen LogP) is 1.56.